The topological polar surface area (TPSA) is 42.4 Å². The lowest BCUT2D eigenvalue weighted by atomic mass is 10.0. The van der Waals surface area contributed by atoms with Crippen LogP contribution in [-0.2, 0) is 6.18 Å². The second-order valence-electron chi connectivity index (χ2n) is 5.61. The molecule has 0 saturated carbocycles. The highest BCUT2D eigenvalue weighted by molar-refractivity contribution is 5.96. The predicted molar refractivity (Wildman–Crippen MR) is 80.7 cm³/mol. The first kappa shape index (κ1) is 16.3. The average Bonchev–Trinajstić information content (AvgIpc) is 2.49. The van der Waals surface area contributed by atoms with Crippen LogP contribution < -0.4 is 4.74 Å². The van der Waals surface area contributed by atoms with E-state index in [1.165, 1.54) is 23.1 Å². The number of pyridine rings is 1. The molecule has 0 N–H and O–H groups in total. The standard InChI is InChI=1S/C17H15F3N2O2/c1-11-5-4-8-15(21-11)24-12-9-22(10-12)16(23)13-6-2-3-7-14(13)17(18,19)20/h2-8,12H,9-10H2,1H3. The normalized spacial score (nSPS) is 15.1. The summed E-state index contributed by atoms with van der Waals surface area (Å²) in [4.78, 5) is 17.8. The third kappa shape index (κ3) is 3.34. The number of benzene rings is 1. The van der Waals surface area contributed by atoms with E-state index in [0.717, 1.165) is 11.8 Å². The van der Waals surface area contributed by atoms with Gasteiger partial charge in [-0.1, -0.05) is 18.2 Å². The molecular weight excluding hydrogens is 321 g/mol. The molecule has 0 radical (unpaired) electrons. The van der Waals surface area contributed by atoms with E-state index in [-0.39, 0.29) is 24.8 Å². The van der Waals surface area contributed by atoms with Gasteiger partial charge in [0.25, 0.3) is 5.91 Å². The predicted octanol–water partition coefficient (Wildman–Crippen LogP) is 3.31. The molecule has 126 valence electrons. The Bertz CT molecular complexity index is 755. The number of halogens is 3. The number of rotatable bonds is 3. The maximum absolute atomic E-state index is 13.0. The van der Waals surface area contributed by atoms with Crippen molar-refractivity contribution in [1.82, 2.24) is 9.88 Å². The molecule has 1 fully saturated rings. The van der Waals surface area contributed by atoms with E-state index < -0.39 is 17.6 Å². The number of alkyl halides is 3. The van der Waals surface area contributed by atoms with E-state index in [1.54, 1.807) is 12.1 Å². The zero-order chi connectivity index (χ0) is 17.3. The van der Waals surface area contributed by atoms with Gasteiger partial charge in [0.05, 0.1) is 24.2 Å². The van der Waals surface area contributed by atoms with Crippen LogP contribution in [-0.4, -0.2) is 35.0 Å². The monoisotopic (exact) mass is 336 g/mol. The number of likely N-dealkylation sites (tertiary alicyclic amines) is 1. The molecule has 0 aliphatic carbocycles. The molecule has 1 aromatic heterocycles. The minimum Gasteiger partial charge on any atom is -0.471 e. The van der Waals surface area contributed by atoms with Crippen LogP contribution in [0.4, 0.5) is 13.2 Å². The number of amides is 1. The molecule has 1 aromatic carbocycles. The van der Waals surface area contributed by atoms with Gasteiger partial charge in [0.2, 0.25) is 5.88 Å². The highest BCUT2D eigenvalue weighted by Gasteiger charge is 2.39. The third-order valence-corrected chi connectivity index (χ3v) is 3.75. The first-order chi connectivity index (χ1) is 11.3. The largest absolute Gasteiger partial charge is 0.471 e. The lowest BCUT2D eigenvalue weighted by Gasteiger charge is -2.39. The highest BCUT2D eigenvalue weighted by atomic mass is 19.4. The van der Waals surface area contributed by atoms with Crippen molar-refractivity contribution >= 4 is 5.91 Å². The molecular formula is C17H15F3N2O2. The van der Waals surface area contributed by atoms with Crippen molar-refractivity contribution in [2.45, 2.75) is 19.2 Å². The van der Waals surface area contributed by atoms with E-state index in [1.807, 2.05) is 13.0 Å². The van der Waals surface area contributed by atoms with Gasteiger partial charge < -0.3 is 9.64 Å². The molecule has 2 heterocycles. The summed E-state index contributed by atoms with van der Waals surface area (Å²) >= 11 is 0. The Morgan fingerprint density at radius 2 is 1.88 bits per heavy atom. The van der Waals surface area contributed by atoms with Gasteiger partial charge in [0.1, 0.15) is 6.10 Å². The summed E-state index contributed by atoms with van der Waals surface area (Å²) < 4.78 is 44.6. The SMILES string of the molecule is Cc1cccc(OC2CN(C(=O)c3ccccc3C(F)(F)F)C2)n1. The zero-order valence-electron chi connectivity index (χ0n) is 12.9. The summed E-state index contributed by atoms with van der Waals surface area (Å²) in [7, 11) is 0. The van der Waals surface area contributed by atoms with Crippen LogP contribution in [0.2, 0.25) is 0 Å². The zero-order valence-corrected chi connectivity index (χ0v) is 12.9. The molecule has 1 saturated heterocycles. The minimum absolute atomic E-state index is 0.237. The van der Waals surface area contributed by atoms with E-state index in [9.17, 15) is 18.0 Å². The van der Waals surface area contributed by atoms with E-state index in [4.69, 9.17) is 4.74 Å². The minimum atomic E-state index is -4.56. The summed E-state index contributed by atoms with van der Waals surface area (Å²) in [5.74, 6) is -0.192. The second kappa shape index (κ2) is 6.14. The van der Waals surface area contributed by atoms with E-state index in [2.05, 4.69) is 4.98 Å². The van der Waals surface area contributed by atoms with Crippen LogP contribution in [0.3, 0.4) is 0 Å². The number of aryl methyl sites for hydroxylation is 1. The van der Waals surface area contributed by atoms with Gasteiger partial charge in [0.15, 0.2) is 0 Å². The van der Waals surface area contributed by atoms with Gasteiger partial charge in [-0.05, 0) is 25.1 Å². The van der Waals surface area contributed by atoms with Crippen LogP contribution in [0.15, 0.2) is 42.5 Å². The number of carbonyl (C=O) groups is 1. The van der Waals surface area contributed by atoms with Crippen LogP contribution >= 0.6 is 0 Å². The van der Waals surface area contributed by atoms with Crippen molar-refractivity contribution < 1.29 is 22.7 Å². The molecule has 0 atom stereocenters. The molecule has 1 aliphatic heterocycles. The fraction of sp³-hybridized carbons (Fsp3) is 0.294. The number of aromatic nitrogens is 1. The fourth-order valence-corrected chi connectivity index (χ4v) is 2.52. The Hall–Kier alpha value is -2.57. The second-order valence-corrected chi connectivity index (χ2v) is 5.61. The summed E-state index contributed by atoms with van der Waals surface area (Å²) in [6.07, 6.45) is -4.82. The molecule has 4 nitrogen and oxygen atoms in total. The quantitative estimate of drug-likeness (QED) is 0.864. The fourth-order valence-electron chi connectivity index (χ4n) is 2.52. The molecule has 7 heteroatoms. The average molecular weight is 336 g/mol. The maximum Gasteiger partial charge on any atom is 0.417 e. The van der Waals surface area contributed by atoms with E-state index in [0.29, 0.717) is 5.88 Å². The van der Waals surface area contributed by atoms with Gasteiger partial charge in [0, 0.05) is 11.8 Å². The van der Waals surface area contributed by atoms with Gasteiger partial charge in [-0.2, -0.15) is 13.2 Å². The number of ether oxygens (including phenoxy) is 1. The molecule has 0 bridgehead atoms. The number of nitrogens with zero attached hydrogens (tertiary/aromatic N) is 2. The van der Waals surface area contributed by atoms with Gasteiger partial charge in [-0.15, -0.1) is 0 Å². The Balaban J connectivity index is 1.65. The Labute approximate surface area is 136 Å². The first-order valence-corrected chi connectivity index (χ1v) is 7.40. The highest BCUT2D eigenvalue weighted by Crippen LogP contribution is 2.33. The number of hydrogen-bond donors (Lipinski definition) is 0. The Kier molecular flexibility index (Phi) is 4.17. The van der Waals surface area contributed by atoms with Gasteiger partial charge in [-0.3, -0.25) is 4.79 Å². The Morgan fingerprint density at radius 3 is 2.54 bits per heavy atom. The first-order valence-electron chi connectivity index (χ1n) is 7.40. The maximum atomic E-state index is 13.0. The summed E-state index contributed by atoms with van der Waals surface area (Å²) in [5, 5.41) is 0. The van der Waals surface area contributed by atoms with Crippen molar-refractivity contribution in [1.29, 1.82) is 0 Å². The van der Waals surface area contributed by atoms with Crippen molar-refractivity contribution in [3.05, 3.63) is 59.3 Å². The summed E-state index contributed by atoms with van der Waals surface area (Å²) in [6, 6.07) is 10.1. The lowest BCUT2D eigenvalue weighted by molar-refractivity contribution is -0.138. The summed E-state index contributed by atoms with van der Waals surface area (Å²) in [6.45, 7) is 2.30. The van der Waals surface area contributed by atoms with Gasteiger partial charge in [-0.25, -0.2) is 4.98 Å². The third-order valence-electron chi connectivity index (χ3n) is 3.75. The molecule has 24 heavy (non-hydrogen) atoms. The van der Waals surface area contributed by atoms with Crippen molar-refractivity contribution in [3.63, 3.8) is 0 Å². The smallest absolute Gasteiger partial charge is 0.417 e. The van der Waals surface area contributed by atoms with Crippen LogP contribution in [0.1, 0.15) is 21.6 Å². The molecule has 0 spiro atoms. The number of hydrogen-bond acceptors (Lipinski definition) is 3. The van der Waals surface area contributed by atoms with Crippen molar-refractivity contribution in [2.24, 2.45) is 0 Å². The lowest BCUT2D eigenvalue weighted by Crippen LogP contribution is -2.56. The molecule has 1 aliphatic rings. The van der Waals surface area contributed by atoms with Crippen molar-refractivity contribution in [3.8, 4) is 5.88 Å². The van der Waals surface area contributed by atoms with Crippen LogP contribution in [0, 0.1) is 6.92 Å². The van der Waals surface area contributed by atoms with Crippen LogP contribution in [0.5, 0.6) is 5.88 Å². The summed E-state index contributed by atoms with van der Waals surface area (Å²) in [5.41, 5.74) is -0.448. The molecule has 0 unspecified atom stereocenters. The van der Waals surface area contributed by atoms with Crippen molar-refractivity contribution in [2.75, 3.05) is 13.1 Å². The molecule has 3 rings (SSSR count). The molecule has 2 aromatic rings. The van der Waals surface area contributed by atoms with Crippen LogP contribution in [0.25, 0.3) is 0 Å². The van der Waals surface area contributed by atoms with Gasteiger partial charge >= 0.3 is 6.18 Å². The molecule has 1 amide bonds. The Morgan fingerprint density at radius 1 is 1.17 bits per heavy atom. The van der Waals surface area contributed by atoms with E-state index >= 15 is 0 Å². The number of carbonyl (C=O) groups excluding carboxylic acids is 1.